The van der Waals surface area contributed by atoms with Gasteiger partial charge in [0.15, 0.2) is 0 Å². The highest BCUT2D eigenvalue weighted by Gasteiger charge is 2.03. The molecule has 1 heterocycles. The fourth-order valence-corrected chi connectivity index (χ4v) is 2.35. The molecule has 4 nitrogen and oxygen atoms in total. The Morgan fingerprint density at radius 2 is 1.58 bits per heavy atom. The first kappa shape index (κ1) is 15.9. The molecule has 0 aliphatic rings. The quantitative estimate of drug-likeness (QED) is 0.716. The third-order valence-electron chi connectivity index (χ3n) is 3.77. The van der Waals surface area contributed by atoms with E-state index in [1.165, 1.54) is 17.2 Å². The Balaban J connectivity index is 1.62. The third-order valence-corrected chi connectivity index (χ3v) is 3.77. The van der Waals surface area contributed by atoms with Crippen LogP contribution in [-0.2, 0) is 13.1 Å². The molecule has 2 N–H and O–H groups in total. The van der Waals surface area contributed by atoms with Crippen molar-refractivity contribution in [3.8, 4) is 0 Å². The van der Waals surface area contributed by atoms with Gasteiger partial charge in [-0.15, -0.1) is 0 Å². The second kappa shape index (κ2) is 7.55. The van der Waals surface area contributed by atoms with Gasteiger partial charge in [0.1, 0.15) is 11.6 Å². The monoisotopic (exact) mass is 322 g/mol. The van der Waals surface area contributed by atoms with Crippen molar-refractivity contribution in [2.75, 3.05) is 10.6 Å². The maximum absolute atomic E-state index is 13.6. The van der Waals surface area contributed by atoms with Gasteiger partial charge in [0.05, 0.1) is 0 Å². The number of benzene rings is 2. The lowest BCUT2D eigenvalue weighted by Crippen LogP contribution is -2.08. The molecule has 24 heavy (non-hydrogen) atoms. The second-order valence-electron chi connectivity index (χ2n) is 5.49. The average Bonchev–Trinajstić information content (AvgIpc) is 2.61. The van der Waals surface area contributed by atoms with E-state index in [1.54, 1.807) is 24.4 Å². The third kappa shape index (κ3) is 4.07. The number of rotatable bonds is 6. The summed E-state index contributed by atoms with van der Waals surface area (Å²) in [5.41, 5.74) is 3.04. The van der Waals surface area contributed by atoms with Gasteiger partial charge in [-0.2, -0.15) is 4.98 Å². The number of aryl methyl sites for hydroxylation is 1. The lowest BCUT2D eigenvalue weighted by Gasteiger charge is -2.10. The van der Waals surface area contributed by atoms with E-state index in [2.05, 4.69) is 39.7 Å². The Hall–Kier alpha value is -2.95. The van der Waals surface area contributed by atoms with Crippen LogP contribution in [0.3, 0.4) is 0 Å². The van der Waals surface area contributed by atoms with Crippen LogP contribution < -0.4 is 10.6 Å². The molecule has 0 radical (unpaired) electrons. The number of nitrogens with zero attached hydrogens (tertiary/aromatic N) is 2. The van der Waals surface area contributed by atoms with Gasteiger partial charge in [-0.3, -0.25) is 0 Å². The topological polar surface area (TPSA) is 49.8 Å². The second-order valence-corrected chi connectivity index (χ2v) is 5.49. The molecular weight excluding hydrogens is 303 g/mol. The van der Waals surface area contributed by atoms with Crippen LogP contribution in [0.1, 0.15) is 16.7 Å². The largest absolute Gasteiger partial charge is 0.366 e. The molecule has 0 unspecified atom stereocenters. The van der Waals surface area contributed by atoms with Crippen LogP contribution in [0.5, 0.6) is 0 Å². The predicted octanol–water partition coefficient (Wildman–Crippen LogP) is 4.15. The summed E-state index contributed by atoms with van der Waals surface area (Å²) in [6.45, 7) is 3.11. The van der Waals surface area contributed by atoms with Crippen molar-refractivity contribution in [3.63, 3.8) is 0 Å². The Kier molecular flexibility index (Phi) is 5.01. The van der Waals surface area contributed by atoms with E-state index in [1.807, 2.05) is 18.2 Å². The van der Waals surface area contributed by atoms with Crippen molar-refractivity contribution in [1.82, 2.24) is 9.97 Å². The molecule has 1 aromatic heterocycles. The maximum Gasteiger partial charge on any atom is 0.224 e. The summed E-state index contributed by atoms with van der Waals surface area (Å²) in [7, 11) is 0. The van der Waals surface area contributed by atoms with Gasteiger partial charge in [-0.1, -0.05) is 42.5 Å². The van der Waals surface area contributed by atoms with Crippen molar-refractivity contribution in [2.45, 2.75) is 20.0 Å². The molecule has 3 aromatic rings. The van der Waals surface area contributed by atoms with Crippen LogP contribution in [0.2, 0.25) is 0 Å². The Morgan fingerprint density at radius 3 is 2.38 bits per heavy atom. The van der Waals surface area contributed by atoms with Gasteiger partial charge in [-0.25, -0.2) is 9.37 Å². The lowest BCUT2D eigenvalue weighted by atomic mass is 10.1. The van der Waals surface area contributed by atoms with Gasteiger partial charge in [-0.05, 0) is 30.2 Å². The Labute approximate surface area is 140 Å². The van der Waals surface area contributed by atoms with Gasteiger partial charge in [0, 0.05) is 24.8 Å². The zero-order chi connectivity index (χ0) is 16.8. The molecule has 0 atom stereocenters. The molecule has 0 fully saturated rings. The molecule has 5 heteroatoms. The molecule has 0 spiro atoms. The molecule has 0 aliphatic heterocycles. The molecule has 0 aliphatic carbocycles. The van der Waals surface area contributed by atoms with Crippen molar-refractivity contribution >= 4 is 11.8 Å². The summed E-state index contributed by atoms with van der Waals surface area (Å²) in [4.78, 5) is 8.58. The summed E-state index contributed by atoms with van der Waals surface area (Å²) in [5.74, 6) is 0.955. The molecule has 0 saturated carbocycles. The van der Waals surface area contributed by atoms with Crippen LogP contribution in [-0.4, -0.2) is 9.97 Å². The summed E-state index contributed by atoms with van der Waals surface area (Å²) >= 11 is 0. The van der Waals surface area contributed by atoms with Gasteiger partial charge in [0.2, 0.25) is 5.95 Å². The average molecular weight is 322 g/mol. The summed E-state index contributed by atoms with van der Waals surface area (Å²) in [6, 6.07) is 16.7. The lowest BCUT2D eigenvalue weighted by molar-refractivity contribution is 0.612. The molecule has 0 amide bonds. The van der Waals surface area contributed by atoms with Crippen LogP contribution >= 0.6 is 0 Å². The van der Waals surface area contributed by atoms with E-state index in [4.69, 9.17) is 0 Å². The Morgan fingerprint density at radius 1 is 0.875 bits per heavy atom. The number of halogens is 1. The first-order valence-corrected chi connectivity index (χ1v) is 7.81. The van der Waals surface area contributed by atoms with Crippen LogP contribution in [0, 0.1) is 12.7 Å². The number of anilines is 2. The highest BCUT2D eigenvalue weighted by Crippen LogP contribution is 2.13. The van der Waals surface area contributed by atoms with E-state index >= 15 is 0 Å². The number of aromatic nitrogens is 2. The first-order chi connectivity index (χ1) is 11.7. The summed E-state index contributed by atoms with van der Waals surface area (Å²) in [6.07, 6.45) is 1.68. The van der Waals surface area contributed by atoms with E-state index < -0.39 is 0 Å². The van der Waals surface area contributed by atoms with Crippen molar-refractivity contribution in [1.29, 1.82) is 0 Å². The predicted molar refractivity (Wildman–Crippen MR) is 94.3 cm³/mol. The van der Waals surface area contributed by atoms with Gasteiger partial charge in [0.25, 0.3) is 0 Å². The zero-order valence-electron chi connectivity index (χ0n) is 13.5. The minimum absolute atomic E-state index is 0.237. The summed E-state index contributed by atoms with van der Waals surface area (Å²) in [5, 5.41) is 6.34. The van der Waals surface area contributed by atoms with Crippen LogP contribution in [0.25, 0.3) is 0 Å². The fraction of sp³-hybridized carbons (Fsp3) is 0.158. The SMILES string of the molecule is Cc1ccccc1CNc1ccnc(NCc2ccccc2F)n1. The number of nitrogens with one attached hydrogen (secondary N) is 2. The molecular formula is C19H19FN4. The van der Waals surface area contributed by atoms with Crippen molar-refractivity contribution in [3.05, 3.63) is 83.3 Å². The van der Waals surface area contributed by atoms with Crippen LogP contribution in [0.4, 0.5) is 16.2 Å². The van der Waals surface area contributed by atoms with E-state index in [9.17, 15) is 4.39 Å². The minimum atomic E-state index is -0.237. The zero-order valence-corrected chi connectivity index (χ0v) is 13.5. The molecule has 3 rings (SSSR count). The van der Waals surface area contributed by atoms with Gasteiger partial charge >= 0.3 is 0 Å². The van der Waals surface area contributed by atoms with Gasteiger partial charge < -0.3 is 10.6 Å². The number of hydrogen-bond donors (Lipinski definition) is 2. The van der Waals surface area contributed by atoms with E-state index in [0.29, 0.717) is 24.6 Å². The number of hydrogen-bond acceptors (Lipinski definition) is 4. The minimum Gasteiger partial charge on any atom is -0.366 e. The summed E-state index contributed by atoms with van der Waals surface area (Å²) < 4.78 is 13.6. The molecule has 0 bridgehead atoms. The molecule has 0 saturated heterocycles. The highest BCUT2D eigenvalue weighted by atomic mass is 19.1. The highest BCUT2D eigenvalue weighted by molar-refractivity contribution is 5.41. The molecule has 2 aromatic carbocycles. The Bertz CT molecular complexity index is 755. The van der Waals surface area contributed by atoms with E-state index in [-0.39, 0.29) is 5.82 Å². The smallest absolute Gasteiger partial charge is 0.224 e. The van der Waals surface area contributed by atoms with E-state index in [0.717, 1.165) is 5.82 Å². The fourth-order valence-electron chi connectivity index (χ4n) is 2.35. The van der Waals surface area contributed by atoms with Crippen molar-refractivity contribution < 1.29 is 4.39 Å². The van der Waals surface area contributed by atoms with Crippen molar-refractivity contribution in [2.24, 2.45) is 0 Å². The normalized spacial score (nSPS) is 10.4. The standard InChI is InChI=1S/C19H19FN4/c1-14-6-2-3-7-15(14)12-22-18-10-11-21-19(24-18)23-13-16-8-4-5-9-17(16)20/h2-11H,12-13H2,1H3,(H2,21,22,23,24). The maximum atomic E-state index is 13.6. The first-order valence-electron chi connectivity index (χ1n) is 7.81. The van der Waals surface area contributed by atoms with Crippen LogP contribution in [0.15, 0.2) is 60.8 Å². The molecule has 122 valence electrons.